The maximum atomic E-state index is 11.2. The second kappa shape index (κ2) is 4.02. The molecule has 1 fully saturated rings. The van der Waals surface area contributed by atoms with Crippen molar-refractivity contribution in [3.05, 3.63) is 12.2 Å². The van der Waals surface area contributed by atoms with E-state index >= 15 is 0 Å². The van der Waals surface area contributed by atoms with Crippen molar-refractivity contribution in [3.63, 3.8) is 0 Å². The van der Waals surface area contributed by atoms with Crippen LogP contribution in [0.15, 0.2) is 12.2 Å². The Hall–Kier alpha value is -0.0313. The number of aliphatic carboxylic acids is 1. The first-order valence-electron chi connectivity index (χ1n) is 5.90. The molecule has 3 unspecified atom stereocenters. The monoisotopic (exact) mass is 332 g/mol. The number of carbonyl (C=O) groups is 1. The number of hydrogen-bond donors (Lipinski definition) is 1. The first-order chi connectivity index (χ1) is 7.35. The number of ether oxygens (including phenoxy) is 1. The molecular formula is C12H20O3Sn. The molecule has 0 aromatic carbocycles. The zero-order chi connectivity index (χ0) is 12.0. The SMILES string of the molecule is [CH3][Sn]([CH3])([CH3])[CH]1CC(C(=O)O)CC12C=CCO2. The fraction of sp³-hybridized carbons (Fsp3) is 0.750. The molecule has 1 aliphatic carbocycles. The Bertz CT molecular complexity index is 332. The second-order valence-electron chi connectivity index (χ2n) is 6.06. The van der Waals surface area contributed by atoms with Crippen LogP contribution in [0.1, 0.15) is 12.8 Å². The number of carboxylic acid groups (broad SMARTS) is 1. The van der Waals surface area contributed by atoms with Crippen molar-refractivity contribution in [2.45, 2.75) is 37.2 Å². The van der Waals surface area contributed by atoms with Gasteiger partial charge in [0.1, 0.15) is 0 Å². The molecule has 3 atom stereocenters. The Morgan fingerprint density at radius 3 is 2.62 bits per heavy atom. The van der Waals surface area contributed by atoms with Crippen LogP contribution in [0.5, 0.6) is 0 Å². The van der Waals surface area contributed by atoms with E-state index < -0.39 is 24.3 Å². The van der Waals surface area contributed by atoms with E-state index in [1.165, 1.54) is 0 Å². The molecule has 3 nitrogen and oxygen atoms in total. The third-order valence-corrected chi connectivity index (χ3v) is 12.0. The van der Waals surface area contributed by atoms with E-state index in [0.29, 0.717) is 17.0 Å². The van der Waals surface area contributed by atoms with Crippen molar-refractivity contribution >= 4 is 24.3 Å². The van der Waals surface area contributed by atoms with Gasteiger partial charge in [-0.1, -0.05) is 0 Å². The summed E-state index contributed by atoms with van der Waals surface area (Å²) in [6.45, 7) is 0.658. The van der Waals surface area contributed by atoms with E-state index in [9.17, 15) is 9.90 Å². The fourth-order valence-corrected chi connectivity index (χ4v) is 11.1. The summed E-state index contributed by atoms with van der Waals surface area (Å²) in [4.78, 5) is 18.3. The number of hydrogen-bond acceptors (Lipinski definition) is 2. The van der Waals surface area contributed by atoms with Crippen LogP contribution in [-0.2, 0) is 9.53 Å². The average molecular weight is 331 g/mol. The normalized spacial score (nSPS) is 38.4. The van der Waals surface area contributed by atoms with Crippen molar-refractivity contribution in [2.24, 2.45) is 5.92 Å². The van der Waals surface area contributed by atoms with Gasteiger partial charge in [0.2, 0.25) is 0 Å². The van der Waals surface area contributed by atoms with Gasteiger partial charge in [0.05, 0.1) is 0 Å². The Morgan fingerprint density at radius 2 is 2.19 bits per heavy atom. The molecule has 0 amide bonds. The summed E-state index contributed by atoms with van der Waals surface area (Å²) in [5, 5.41) is 9.18. The summed E-state index contributed by atoms with van der Waals surface area (Å²) in [5.74, 6) is -0.856. The maximum absolute atomic E-state index is 11.2. The molecule has 0 aromatic rings. The summed E-state index contributed by atoms with van der Waals surface area (Å²) in [5.41, 5.74) is -0.225. The molecule has 4 heteroatoms. The zero-order valence-corrected chi connectivity index (χ0v) is 13.0. The quantitative estimate of drug-likeness (QED) is 0.625. The fourth-order valence-electron chi connectivity index (χ4n) is 3.21. The molecule has 0 radical (unpaired) electrons. The van der Waals surface area contributed by atoms with Crippen LogP contribution in [0.25, 0.3) is 0 Å². The summed E-state index contributed by atoms with van der Waals surface area (Å²) < 4.78 is 6.40. The predicted octanol–water partition coefficient (Wildman–Crippen LogP) is 2.51. The van der Waals surface area contributed by atoms with E-state index in [0.717, 1.165) is 6.42 Å². The van der Waals surface area contributed by atoms with Crippen molar-refractivity contribution < 1.29 is 14.6 Å². The molecule has 0 aromatic heterocycles. The van der Waals surface area contributed by atoms with Crippen LogP contribution in [0.3, 0.4) is 0 Å². The molecule has 1 aliphatic heterocycles. The molecule has 16 heavy (non-hydrogen) atoms. The van der Waals surface area contributed by atoms with Gasteiger partial charge in [-0.15, -0.1) is 0 Å². The average Bonchev–Trinajstić information content (AvgIpc) is 2.73. The van der Waals surface area contributed by atoms with Crippen LogP contribution in [0.4, 0.5) is 0 Å². The number of carboxylic acids is 1. The Kier molecular flexibility index (Phi) is 3.12. The topological polar surface area (TPSA) is 46.5 Å². The summed E-state index contributed by atoms with van der Waals surface area (Å²) in [7, 11) is 0. The van der Waals surface area contributed by atoms with Gasteiger partial charge in [-0.2, -0.15) is 0 Å². The van der Waals surface area contributed by atoms with Gasteiger partial charge >= 0.3 is 101 Å². The zero-order valence-electron chi connectivity index (χ0n) is 10.2. The molecule has 1 saturated carbocycles. The van der Waals surface area contributed by atoms with Gasteiger partial charge in [0.15, 0.2) is 0 Å². The molecule has 2 rings (SSSR count). The Labute approximate surface area is 101 Å². The third-order valence-electron chi connectivity index (χ3n) is 3.92. The van der Waals surface area contributed by atoms with Gasteiger partial charge < -0.3 is 0 Å². The molecule has 1 N–H and O–H groups in total. The Balaban J connectivity index is 2.28. The van der Waals surface area contributed by atoms with Crippen LogP contribution < -0.4 is 0 Å². The first-order valence-corrected chi connectivity index (χ1v) is 16.1. The second-order valence-corrected chi connectivity index (χ2v) is 21.6. The van der Waals surface area contributed by atoms with Gasteiger partial charge in [0.25, 0.3) is 0 Å². The van der Waals surface area contributed by atoms with Crippen LogP contribution in [0.2, 0.25) is 18.8 Å². The predicted molar refractivity (Wildman–Crippen MR) is 65.3 cm³/mol. The van der Waals surface area contributed by atoms with Crippen LogP contribution in [-0.4, -0.2) is 41.7 Å². The van der Waals surface area contributed by atoms with Crippen LogP contribution >= 0.6 is 0 Å². The standard InChI is InChI=1S/C9H11O3.3CH3.Sn/c10-8(11)7-2-4-9(6-7)3-1-5-12-9;;;;/h1,3-4,7H,2,5-6H2,(H,10,11);3*1H3;. The summed E-state index contributed by atoms with van der Waals surface area (Å²) in [6, 6.07) is 0. The third kappa shape index (κ3) is 2.04. The van der Waals surface area contributed by atoms with Crippen molar-refractivity contribution in [3.8, 4) is 0 Å². The summed E-state index contributed by atoms with van der Waals surface area (Å²) >= 11 is -2.14. The molecule has 0 bridgehead atoms. The van der Waals surface area contributed by atoms with E-state index in [1.807, 2.05) is 0 Å². The van der Waals surface area contributed by atoms with Gasteiger partial charge in [0, 0.05) is 0 Å². The van der Waals surface area contributed by atoms with Gasteiger partial charge in [-0.05, 0) is 0 Å². The van der Waals surface area contributed by atoms with E-state index in [4.69, 9.17) is 4.74 Å². The molecule has 2 aliphatic rings. The minimum atomic E-state index is -2.14. The first kappa shape index (κ1) is 12.4. The van der Waals surface area contributed by atoms with Gasteiger partial charge in [-0.25, -0.2) is 0 Å². The van der Waals surface area contributed by atoms with Crippen molar-refractivity contribution in [1.29, 1.82) is 0 Å². The summed E-state index contributed by atoms with van der Waals surface area (Å²) in [6.07, 6.45) is 5.69. The molecule has 0 saturated heterocycles. The van der Waals surface area contributed by atoms with Crippen LogP contribution in [0, 0.1) is 5.92 Å². The number of rotatable bonds is 2. The van der Waals surface area contributed by atoms with E-state index in [1.54, 1.807) is 0 Å². The minimum absolute atomic E-state index is 0.205. The molecular weight excluding hydrogens is 311 g/mol. The molecule has 1 spiro atoms. The van der Waals surface area contributed by atoms with E-state index in [2.05, 4.69) is 27.0 Å². The van der Waals surface area contributed by atoms with Gasteiger partial charge in [-0.3, -0.25) is 0 Å². The Morgan fingerprint density at radius 1 is 1.50 bits per heavy atom. The van der Waals surface area contributed by atoms with Crippen molar-refractivity contribution in [2.75, 3.05) is 6.61 Å². The van der Waals surface area contributed by atoms with E-state index in [-0.39, 0.29) is 11.5 Å². The molecule has 90 valence electrons. The van der Waals surface area contributed by atoms with Crippen molar-refractivity contribution in [1.82, 2.24) is 0 Å². The molecule has 1 heterocycles.